The van der Waals surface area contributed by atoms with Gasteiger partial charge in [-0.1, -0.05) is 10.3 Å². The van der Waals surface area contributed by atoms with E-state index >= 15 is 0 Å². The van der Waals surface area contributed by atoms with Gasteiger partial charge in [-0.25, -0.2) is 0 Å². The van der Waals surface area contributed by atoms with Gasteiger partial charge in [-0.05, 0) is 44.5 Å². The molecule has 1 aliphatic heterocycles. The van der Waals surface area contributed by atoms with Crippen LogP contribution in [0.5, 0.6) is 11.5 Å². The second-order valence-corrected chi connectivity index (χ2v) is 7.47. The molecule has 0 bridgehead atoms. The molecule has 31 heavy (non-hydrogen) atoms. The smallest absolute Gasteiger partial charge is 0.241 e. The van der Waals surface area contributed by atoms with Crippen LogP contribution in [0.25, 0.3) is 11.4 Å². The van der Waals surface area contributed by atoms with Gasteiger partial charge in [0.25, 0.3) is 0 Å². The minimum Gasteiger partial charge on any atom is -0.493 e. The summed E-state index contributed by atoms with van der Waals surface area (Å²) in [6.07, 6.45) is 1.73. The van der Waals surface area contributed by atoms with E-state index in [4.69, 9.17) is 18.5 Å². The number of aromatic nitrogens is 3. The van der Waals surface area contributed by atoms with Crippen LogP contribution in [0.3, 0.4) is 0 Å². The Morgan fingerprint density at radius 1 is 1.19 bits per heavy atom. The zero-order valence-corrected chi connectivity index (χ0v) is 17.8. The first-order valence-electron chi connectivity index (χ1n) is 10.1. The lowest BCUT2D eigenvalue weighted by molar-refractivity contribution is -0.121. The summed E-state index contributed by atoms with van der Waals surface area (Å²) in [5.41, 5.74) is 0.770. The van der Waals surface area contributed by atoms with Crippen molar-refractivity contribution in [3.05, 3.63) is 35.9 Å². The number of likely N-dealkylation sites (tertiary alicyclic amines) is 1. The van der Waals surface area contributed by atoms with Crippen LogP contribution in [0.1, 0.15) is 24.5 Å². The van der Waals surface area contributed by atoms with Crippen LogP contribution in [0.4, 0.5) is 5.82 Å². The van der Waals surface area contributed by atoms with E-state index in [9.17, 15) is 4.79 Å². The molecule has 1 fully saturated rings. The molecule has 1 unspecified atom stereocenters. The van der Waals surface area contributed by atoms with Crippen molar-refractivity contribution in [2.24, 2.45) is 5.92 Å². The third-order valence-corrected chi connectivity index (χ3v) is 5.22. The van der Waals surface area contributed by atoms with Crippen molar-refractivity contribution in [3.63, 3.8) is 0 Å². The van der Waals surface area contributed by atoms with E-state index in [2.05, 4.69) is 25.5 Å². The quantitative estimate of drug-likeness (QED) is 0.607. The summed E-state index contributed by atoms with van der Waals surface area (Å²) in [5.74, 6) is 3.10. The molecule has 1 N–H and O–H groups in total. The van der Waals surface area contributed by atoms with Crippen molar-refractivity contribution in [2.45, 2.75) is 26.3 Å². The van der Waals surface area contributed by atoms with E-state index in [-0.39, 0.29) is 11.8 Å². The van der Waals surface area contributed by atoms with E-state index in [1.54, 1.807) is 39.3 Å². The maximum Gasteiger partial charge on any atom is 0.241 e. The highest BCUT2D eigenvalue weighted by atomic mass is 16.5. The fourth-order valence-electron chi connectivity index (χ4n) is 3.67. The van der Waals surface area contributed by atoms with Crippen molar-refractivity contribution in [3.8, 4) is 22.9 Å². The maximum absolute atomic E-state index is 12.6. The van der Waals surface area contributed by atoms with Crippen LogP contribution < -0.4 is 14.8 Å². The Balaban J connectivity index is 1.38. The molecule has 164 valence electrons. The van der Waals surface area contributed by atoms with Crippen LogP contribution >= 0.6 is 0 Å². The molecule has 4 rings (SSSR count). The number of rotatable bonds is 7. The molecule has 0 aliphatic carbocycles. The lowest BCUT2D eigenvalue weighted by Gasteiger charge is -2.30. The molecule has 1 atom stereocenters. The van der Waals surface area contributed by atoms with Gasteiger partial charge in [-0.2, -0.15) is 4.98 Å². The second kappa shape index (κ2) is 9.17. The Bertz CT molecular complexity index is 1050. The summed E-state index contributed by atoms with van der Waals surface area (Å²) >= 11 is 0. The maximum atomic E-state index is 12.6. The van der Waals surface area contributed by atoms with Crippen molar-refractivity contribution in [1.29, 1.82) is 0 Å². The number of hydrogen-bond donors (Lipinski definition) is 1. The number of aryl methyl sites for hydroxylation is 1. The largest absolute Gasteiger partial charge is 0.493 e. The molecule has 10 nitrogen and oxygen atoms in total. The predicted molar refractivity (Wildman–Crippen MR) is 111 cm³/mol. The van der Waals surface area contributed by atoms with Gasteiger partial charge in [-0.3, -0.25) is 9.69 Å². The number of carbonyl (C=O) groups excluding carboxylic acids is 1. The minimum absolute atomic E-state index is 0.0606. The van der Waals surface area contributed by atoms with Crippen LogP contribution in [0.15, 0.2) is 33.3 Å². The van der Waals surface area contributed by atoms with Crippen molar-refractivity contribution in [2.75, 3.05) is 32.6 Å². The Morgan fingerprint density at radius 2 is 2.03 bits per heavy atom. The number of benzene rings is 1. The van der Waals surface area contributed by atoms with Gasteiger partial charge >= 0.3 is 0 Å². The summed E-state index contributed by atoms with van der Waals surface area (Å²) in [6, 6.07) is 7.16. The molecule has 1 aliphatic rings. The van der Waals surface area contributed by atoms with E-state index in [0.717, 1.165) is 24.9 Å². The van der Waals surface area contributed by atoms with E-state index in [1.807, 2.05) is 6.07 Å². The zero-order chi connectivity index (χ0) is 21.8. The van der Waals surface area contributed by atoms with Gasteiger partial charge in [0.15, 0.2) is 17.3 Å². The molecule has 3 aromatic rings. The Labute approximate surface area is 179 Å². The number of anilines is 1. The molecular weight excluding hydrogens is 402 g/mol. The average Bonchev–Trinajstić information content (AvgIpc) is 3.42. The normalized spacial score (nSPS) is 16.8. The first-order valence-corrected chi connectivity index (χ1v) is 10.1. The highest BCUT2D eigenvalue weighted by Gasteiger charge is 2.27. The number of ether oxygens (including phenoxy) is 2. The summed E-state index contributed by atoms with van der Waals surface area (Å²) in [6.45, 7) is 3.73. The number of hydrogen-bond acceptors (Lipinski definition) is 9. The first kappa shape index (κ1) is 20.9. The van der Waals surface area contributed by atoms with Crippen molar-refractivity contribution in [1.82, 2.24) is 20.2 Å². The number of nitrogens with zero attached hydrogens (tertiary/aromatic N) is 4. The van der Waals surface area contributed by atoms with Gasteiger partial charge in [0.05, 0.1) is 26.7 Å². The number of amides is 1. The number of piperidine rings is 1. The van der Waals surface area contributed by atoms with Crippen LogP contribution in [-0.2, 0) is 11.3 Å². The second-order valence-electron chi connectivity index (χ2n) is 7.47. The fraction of sp³-hybridized carbons (Fsp3) is 0.429. The molecule has 0 radical (unpaired) electrons. The van der Waals surface area contributed by atoms with Crippen LogP contribution in [-0.4, -0.2) is 53.4 Å². The topological polar surface area (TPSA) is 116 Å². The van der Waals surface area contributed by atoms with E-state index < -0.39 is 0 Å². The lowest BCUT2D eigenvalue weighted by atomic mass is 9.97. The molecule has 1 amide bonds. The fourth-order valence-corrected chi connectivity index (χ4v) is 3.67. The van der Waals surface area contributed by atoms with Crippen LogP contribution in [0, 0.1) is 12.8 Å². The molecule has 3 heterocycles. The summed E-state index contributed by atoms with van der Waals surface area (Å²) < 4.78 is 21.0. The first-order chi connectivity index (χ1) is 15.1. The van der Waals surface area contributed by atoms with Crippen LogP contribution in [0.2, 0.25) is 0 Å². The van der Waals surface area contributed by atoms with Crippen molar-refractivity contribution < 1.29 is 23.3 Å². The molecular formula is C21H25N5O5. The summed E-state index contributed by atoms with van der Waals surface area (Å²) in [7, 11) is 3.17. The number of carbonyl (C=O) groups is 1. The third kappa shape index (κ3) is 4.85. The van der Waals surface area contributed by atoms with Gasteiger partial charge < -0.3 is 23.8 Å². The third-order valence-electron chi connectivity index (χ3n) is 5.22. The monoisotopic (exact) mass is 427 g/mol. The van der Waals surface area contributed by atoms with Gasteiger partial charge in [0.1, 0.15) is 5.76 Å². The van der Waals surface area contributed by atoms with E-state index in [1.165, 1.54) is 0 Å². The number of methoxy groups -OCH3 is 2. The highest BCUT2D eigenvalue weighted by molar-refractivity contribution is 5.91. The SMILES string of the molecule is COc1ccc(-c2noc(CN3CCCC(C(=O)Nc4cc(C)on4)C3)n2)cc1OC. The summed E-state index contributed by atoms with van der Waals surface area (Å²) in [4.78, 5) is 19.2. The molecule has 10 heteroatoms. The molecule has 2 aromatic heterocycles. The van der Waals surface area contributed by atoms with Gasteiger partial charge in [-0.15, -0.1) is 0 Å². The average molecular weight is 427 g/mol. The lowest BCUT2D eigenvalue weighted by Crippen LogP contribution is -2.40. The minimum atomic E-state index is -0.140. The highest BCUT2D eigenvalue weighted by Crippen LogP contribution is 2.31. The van der Waals surface area contributed by atoms with E-state index in [0.29, 0.717) is 47.9 Å². The Kier molecular flexibility index (Phi) is 6.17. The predicted octanol–water partition coefficient (Wildman–Crippen LogP) is 2.90. The Morgan fingerprint density at radius 3 is 2.77 bits per heavy atom. The molecule has 0 saturated carbocycles. The molecule has 1 saturated heterocycles. The molecule has 0 spiro atoms. The number of nitrogens with one attached hydrogen (secondary N) is 1. The van der Waals surface area contributed by atoms with Gasteiger partial charge in [0.2, 0.25) is 17.6 Å². The standard InChI is InChI=1S/C21H25N5O5/c1-13-9-18(24-30-13)22-21(27)15-5-4-8-26(11-15)12-19-23-20(25-31-19)14-6-7-16(28-2)17(10-14)29-3/h6-7,9-10,15H,4-5,8,11-12H2,1-3H3,(H,22,24,27). The molecule has 1 aromatic carbocycles. The van der Waals surface area contributed by atoms with Crippen molar-refractivity contribution >= 4 is 11.7 Å². The van der Waals surface area contributed by atoms with Gasteiger partial charge in [0, 0.05) is 18.2 Å². The Hall–Kier alpha value is -3.40. The summed E-state index contributed by atoms with van der Waals surface area (Å²) in [5, 5.41) is 10.7. The zero-order valence-electron chi connectivity index (χ0n) is 17.8.